The Morgan fingerprint density at radius 3 is 2.75 bits per heavy atom. The van der Waals surface area contributed by atoms with E-state index in [0.717, 1.165) is 41.8 Å². The molecule has 3 rings (SSSR count). The van der Waals surface area contributed by atoms with Crippen LogP contribution in [0.15, 0.2) is 29.2 Å². The number of amides is 1. The van der Waals surface area contributed by atoms with Gasteiger partial charge in [0.25, 0.3) is 0 Å². The van der Waals surface area contributed by atoms with Gasteiger partial charge in [-0.3, -0.25) is 4.79 Å². The Balaban J connectivity index is 1.59. The van der Waals surface area contributed by atoms with E-state index in [4.69, 9.17) is 0 Å². The number of carbonyl (C=O) groups excluding carboxylic acids is 1. The fraction of sp³-hybridized carbons (Fsp3) is 0.400. The van der Waals surface area contributed by atoms with Gasteiger partial charge < -0.3 is 5.32 Å². The predicted molar refractivity (Wildman–Crippen MR) is 107 cm³/mol. The van der Waals surface area contributed by atoms with Crippen LogP contribution in [0.5, 0.6) is 0 Å². The van der Waals surface area contributed by atoms with Gasteiger partial charge in [0, 0.05) is 11.3 Å². The highest BCUT2D eigenvalue weighted by atomic mass is 32.2. The van der Waals surface area contributed by atoms with E-state index in [-0.39, 0.29) is 29.4 Å². The molecule has 1 aromatic carbocycles. The summed E-state index contributed by atoms with van der Waals surface area (Å²) < 4.78 is 37.4. The van der Waals surface area contributed by atoms with Crippen LogP contribution in [-0.2, 0) is 27.5 Å². The smallest absolute Gasteiger partial charge is 0.225 e. The summed E-state index contributed by atoms with van der Waals surface area (Å²) in [6.07, 6.45) is 2.98. The predicted octanol–water partition coefficient (Wildman–Crippen LogP) is 4.08. The van der Waals surface area contributed by atoms with Gasteiger partial charge in [-0.05, 0) is 61.4 Å². The number of hydrogen-bond acceptors (Lipinski definition) is 5. The number of nitrogens with one attached hydrogen (secondary N) is 1. The third-order valence-electron chi connectivity index (χ3n) is 4.87. The Morgan fingerprint density at radius 1 is 1.36 bits per heavy atom. The normalized spacial score (nSPS) is 16.2. The van der Waals surface area contributed by atoms with E-state index in [1.165, 1.54) is 23.5 Å². The van der Waals surface area contributed by atoms with Crippen molar-refractivity contribution in [2.24, 2.45) is 5.92 Å². The van der Waals surface area contributed by atoms with E-state index in [1.54, 1.807) is 0 Å². The van der Waals surface area contributed by atoms with Gasteiger partial charge in [0.05, 0.1) is 16.2 Å². The van der Waals surface area contributed by atoms with Crippen molar-refractivity contribution in [2.45, 2.75) is 43.9 Å². The van der Waals surface area contributed by atoms with E-state index in [2.05, 4.69) is 18.3 Å². The van der Waals surface area contributed by atoms with Gasteiger partial charge in [-0.15, -0.1) is 11.3 Å². The second kappa shape index (κ2) is 8.41. The first-order valence-corrected chi connectivity index (χ1v) is 11.6. The summed E-state index contributed by atoms with van der Waals surface area (Å²) in [5.74, 6) is -0.440. The van der Waals surface area contributed by atoms with Crippen LogP contribution in [0.4, 0.5) is 9.39 Å². The fourth-order valence-corrected chi connectivity index (χ4v) is 6.02. The Kier molecular flexibility index (Phi) is 6.16. The Hall–Kier alpha value is -2.24. The standard InChI is InChI=1S/C20H21FN2O3S2/c1-13-4-9-16-17(12-22)20(27-18(16)11-13)23-19(24)3-2-10-28(25,26)15-7-5-14(21)6-8-15/h5-8,13H,2-4,9-11H2,1H3,(H,23,24)/t13-/m0/s1. The molecule has 1 N–H and O–H groups in total. The first-order chi connectivity index (χ1) is 13.3. The first-order valence-electron chi connectivity index (χ1n) is 9.13. The molecule has 1 amide bonds. The number of sulfone groups is 1. The molecular formula is C20H21FN2O3S2. The van der Waals surface area contributed by atoms with Crippen LogP contribution in [0, 0.1) is 23.1 Å². The number of thiophene rings is 1. The molecule has 0 aliphatic heterocycles. The number of benzene rings is 1. The molecule has 1 atom stereocenters. The minimum Gasteiger partial charge on any atom is -0.317 e. The molecular weight excluding hydrogens is 399 g/mol. The zero-order chi connectivity index (χ0) is 20.3. The van der Waals surface area contributed by atoms with E-state index in [0.29, 0.717) is 16.5 Å². The SMILES string of the molecule is C[C@H]1CCc2c(sc(NC(=O)CCCS(=O)(=O)c3ccc(F)cc3)c2C#N)C1. The molecule has 1 heterocycles. The molecule has 2 aromatic rings. The lowest BCUT2D eigenvalue weighted by Gasteiger charge is -2.17. The summed E-state index contributed by atoms with van der Waals surface area (Å²) >= 11 is 1.45. The van der Waals surface area contributed by atoms with Gasteiger partial charge in [-0.25, -0.2) is 12.8 Å². The molecule has 0 saturated heterocycles. The van der Waals surface area contributed by atoms with E-state index >= 15 is 0 Å². The van der Waals surface area contributed by atoms with Crippen LogP contribution in [0.3, 0.4) is 0 Å². The zero-order valence-corrected chi connectivity index (χ0v) is 17.1. The van der Waals surface area contributed by atoms with Gasteiger partial charge >= 0.3 is 0 Å². The van der Waals surface area contributed by atoms with Crippen molar-refractivity contribution in [1.29, 1.82) is 5.26 Å². The highest BCUT2D eigenvalue weighted by Gasteiger charge is 2.24. The number of fused-ring (bicyclic) bond motifs is 1. The monoisotopic (exact) mass is 420 g/mol. The van der Waals surface area contributed by atoms with Crippen LogP contribution < -0.4 is 5.32 Å². The number of nitrogens with zero attached hydrogens (tertiary/aromatic N) is 1. The van der Waals surface area contributed by atoms with Crippen LogP contribution in [0.2, 0.25) is 0 Å². The third kappa shape index (κ3) is 4.59. The molecule has 1 aliphatic carbocycles. The third-order valence-corrected chi connectivity index (χ3v) is 7.85. The molecule has 28 heavy (non-hydrogen) atoms. The minimum atomic E-state index is -3.56. The van der Waals surface area contributed by atoms with Crippen molar-refractivity contribution in [3.63, 3.8) is 0 Å². The van der Waals surface area contributed by atoms with E-state index in [1.807, 2.05) is 0 Å². The average Bonchev–Trinajstić information content (AvgIpc) is 2.97. The summed E-state index contributed by atoms with van der Waals surface area (Å²) in [4.78, 5) is 13.5. The van der Waals surface area contributed by atoms with Gasteiger partial charge in [-0.2, -0.15) is 5.26 Å². The summed E-state index contributed by atoms with van der Waals surface area (Å²) in [5.41, 5.74) is 1.58. The van der Waals surface area contributed by atoms with E-state index in [9.17, 15) is 22.9 Å². The second-order valence-corrected chi connectivity index (χ2v) is 10.3. The van der Waals surface area contributed by atoms with Crippen LogP contribution >= 0.6 is 11.3 Å². The van der Waals surface area contributed by atoms with Crippen LogP contribution in [0.1, 0.15) is 42.2 Å². The van der Waals surface area contributed by atoms with Crippen molar-refractivity contribution in [2.75, 3.05) is 11.1 Å². The quantitative estimate of drug-likeness (QED) is 0.714. The molecule has 0 spiro atoms. The van der Waals surface area contributed by atoms with Crippen molar-refractivity contribution >= 4 is 32.1 Å². The van der Waals surface area contributed by atoms with E-state index < -0.39 is 15.7 Å². The molecule has 0 fully saturated rings. The highest BCUT2D eigenvalue weighted by Crippen LogP contribution is 2.39. The van der Waals surface area contributed by atoms with Crippen molar-refractivity contribution in [3.05, 3.63) is 46.1 Å². The van der Waals surface area contributed by atoms with Crippen LogP contribution in [0.25, 0.3) is 0 Å². The van der Waals surface area contributed by atoms with Gasteiger partial charge in [0.2, 0.25) is 5.91 Å². The molecule has 1 aromatic heterocycles. The Labute approximate surface area is 168 Å². The molecule has 0 saturated carbocycles. The molecule has 1 aliphatic rings. The molecule has 0 radical (unpaired) electrons. The molecule has 0 unspecified atom stereocenters. The molecule has 5 nitrogen and oxygen atoms in total. The maximum Gasteiger partial charge on any atom is 0.225 e. The summed E-state index contributed by atoms with van der Waals surface area (Å²) in [5, 5.41) is 12.8. The van der Waals surface area contributed by atoms with Gasteiger partial charge in [-0.1, -0.05) is 6.92 Å². The second-order valence-electron chi connectivity index (χ2n) is 7.09. The minimum absolute atomic E-state index is 0.0320. The first kappa shape index (κ1) is 20.5. The highest BCUT2D eigenvalue weighted by molar-refractivity contribution is 7.91. The lowest BCUT2D eigenvalue weighted by Crippen LogP contribution is -2.14. The number of halogens is 1. The zero-order valence-electron chi connectivity index (χ0n) is 15.5. The van der Waals surface area contributed by atoms with Crippen molar-refractivity contribution < 1.29 is 17.6 Å². The fourth-order valence-electron chi connectivity index (χ4n) is 3.33. The number of nitriles is 1. The lowest BCUT2D eigenvalue weighted by molar-refractivity contribution is -0.116. The van der Waals surface area contributed by atoms with Gasteiger partial charge in [0.15, 0.2) is 9.84 Å². The number of carbonyl (C=O) groups is 1. The summed E-state index contributed by atoms with van der Waals surface area (Å²) in [7, 11) is -3.56. The average molecular weight is 421 g/mol. The Morgan fingerprint density at radius 2 is 2.07 bits per heavy atom. The number of hydrogen-bond donors (Lipinski definition) is 1. The molecule has 0 bridgehead atoms. The van der Waals surface area contributed by atoms with Crippen LogP contribution in [-0.4, -0.2) is 20.1 Å². The van der Waals surface area contributed by atoms with Crippen molar-refractivity contribution in [3.8, 4) is 6.07 Å². The number of anilines is 1. The van der Waals surface area contributed by atoms with Crippen molar-refractivity contribution in [1.82, 2.24) is 0 Å². The summed E-state index contributed by atoms with van der Waals surface area (Å²) in [6, 6.07) is 6.85. The topological polar surface area (TPSA) is 87.0 Å². The molecule has 8 heteroatoms. The summed E-state index contributed by atoms with van der Waals surface area (Å²) in [6.45, 7) is 2.18. The maximum atomic E-state index is 12.9. The molecule has 148 valence electrons. The maximum absolute atomic E-state index is 12.9. The lowest BCUT2D eigenvalue weighted by atomic mass is 9.89. The number of rotatable bonds is 6. The van der Waals surface area contributed by atoms with Gasteiger partial charge in [0.1, 0.15) is 16.9 Å². The Bertz CT molecular complexity index is 1020. The largest absolute Gasteiger partial charge is 0.317 e.